The zero-order valence-corrected chi connectivity index (χ0v) is 15.2. The van der Waals surface area contributed by atoms with Crippen LogP contribution >= 0.6 is 15.9 Å². The van der Waals surface area contributed by atoms with E-state index >= 15 is 0 Å². The van der Waals surface area contributed by atoms with E-state index < -0.39 is 0 Å². The van der Waals surface area contributed by atoms with Crippen molar-refractivity contribution in [3.05, 3.63) is 57.6 Å². The number of nitrogens with one attached hydrogen (secondary N) is 1. The molecule has 0 atom stereocenters. The van der Waals surface area contributed by atoms with Crippen molar-refractivity contribution in [2.75, 3.05) is 0 Å². The summed E-state index contributed by atoms with van der Waals surface area (Å²) >= 11 is 3.43. The van der Waals surface area contributed by atoms with Gasteiger partial charge in [0.1, 0.15) is 6.33 Å². The molecule has 1 amide bonds. The first-order valence-electron chi connectivity index (χ1n) is 7.71. The van der Waals surface area contributed by atoms with Crippen molar-refractivity contribution >= 4 is 27.6 Å². The van der Waals surface area contributed by atoms with Crippen molar-refractivity contribution in [1.82, 2.24) is 24.9 Å². The van der Waals surface area contributed by atoms with Gasteiger partial charge < -0.3 is 5.32 Å². The summed E-state index contributed by atoms with van der Waals surface area (Å²) in [6.07, 6.45) is 2.53. The number of nitrogens with zero attached hydrogens (tertiary/aromatic N) is 4. The smallest absolute Gasteiger partial charge is 0.252 e. The highest BCUT2D eigenvalue weighted by molar-refractivity contribution is 9.10. The molecule has 3 aromatic rings. The van der Waals surface area contributed by atoms with Crippen LogP contribution in [0.3, 0.4) is 0 Å². The summed E-state index contributed by atoms with van der Waals surface area (Å²) in [4.78, 5) is 20.7. The van der Waals surface area contributed by atoms with Gasteiger partial charge in [0, 0.05) is 28.8 Å². The summed E-state index contributed by atoms with van der Waals surface area (Å²) in [5.41, 5.74) is 3.99. The Morgan fingerprint density at radius 1 is 1.33 bits per heavy atom. The molecular weight excluding hydrogens is 370 g/mol. The van der Waals surface area contributed by atoms with E-state index in [9.17, 15) is 4.79 Å². The predicted octanol–water partition coefficient (Wildman–Crippen LogP) is 2.75. The molecule has 0 spiro atoms. The Morgan fingerprint density at radius 3 is 2.96 bits per heavy atom. The second-order valence-electron chi connectivity index (χ2n) is 5.64. The van der Waals surface area contributed by atoms with Gasteiger partial charge in [-0.1, -0.05) is 28.1 Å². The van der Waals surface area contributed by atoms with Crippen LogP contribution in [0.5, 0.6) is 0 Å². The Kier molecular flexibility index (Phi) is 4.89. The van der Waals surface area contributed by atoms with Crippen molar-refractivity contribution in [2.45, 2.75) is 33.2 Å². The number of carbonyl (C=O) groups is 1. The highest BCUT2D eigenvalue weighted by Gasteiger charge is 2.12. The predicted molar refractivity (Wildman–Crippen MR) is 94.6 cm³/mol. The van der Waals surface area contributed by atoms with E-state index in [0.29, 0.717) is 25.2 Å². The van der Waals surface area contributed by atoms with Crippen molar-refractivity contribution < 1.29 is 4.79 Å². The third-order valence-electron chi connectivity index (χ3n) is 3.97. The van der Waals surface area contributed by atoms with E-state index in [1.54, 1.807) is 4.52 Å². The molecule has 124 valence electrons. The summed E-state index contributed by atoms with van der Waals surface area (Å²) < 4.78 is 2.72. The molecule has 7 heteroatoms. The third-order valence-corrected chi connectivity index (χ3v) is 4.46. The van der Waals surface area contributed by atoms with Gasteiger partial charge in [-0.3, -0.25) is 4.79 Å². The number of hydrogen-bond donors (Lipinski definition) is 1. The molecule has 0 saturated carbocycles. The Hall–Kier alpha value is -2.28. The van der Waals surface area contributed by atoms with E-state index in [2.05, 4.69) is 36.3 Å². The molecule has 0 aliphatic rings. The minimum atomic E-state index is 0.0208. The number of halogens is 1. The molecule has 0 saturated heterocycles. The minimum absolute atomic E-state index is 0.0208. The lowest BCUT2D eigenvalue weighted by atomic mass is 10.1. The Labute approximate surface area is 148 Å². The first-order valence-corrected chi connectivity index (χ1v) is 8.51. The van der Waals surface area contributed by atoms with Gasteiger partial charge in [-0.15, -0.1) is 0 Å². The average molecular weight is 388 g/mol. The SMILES string of the molecule is Cc1nc2ncnn2c(C)c1CCC(=O)NCc1cccc(Br)c1. The summed E-state index contributed by atoms with van der Waals surface area (Å²) in [6, 6.07) is 7.90. The first-order chi connectivity index (χ1) is 11.5. The van der Waals surface area contributed by atoms with Crippen molar-refractivity contribution in [1.29, 1.82) is 0 Å². The van der Waals surface area contributed by atoms with E-state index in [4.69, 9.17) is 0 Å². The van der Waals surface area contributed by atoms with Gasteiger partial charge in [-0.2, -0.15) is 10.1 Å². The van der Waals surface area contributed by atoms with Gasteiger partial charge in [0.2, 0.25) is 5.91 Å². The van der Waals surface area contributed by atoms with Crippen LogP contribution in [-0.2, 0) is 17.8 Å². The topological polar surface area (TPSA) is 72.2 Å². The molecule has 0 bridgehead atoms. The molecule has 2 heterocycles. The lowest BCUT2D eigenvalue weighted by Gasteiger charge is -2.10. The maximum atomic E-state index is 12.1. The molecule has 0 fully saturated rings. The molecule has 0 unspecified atom stereocenters. The Morgan fingerprint density at radius 2 is 2.17 bits per heavy atom. The van der Waals surface area contributed by atoms with Gasteiger partial charge in [0.15, 0.2) is 0 Å². The number of hydrogen-bond acceptors (Lipinski definition) is 4. The van der Waals surface area contributed by atoms with Gasteiger partial charge >= 0.3 is 0 Å². The van der Waals surface area contributed by atoms with Crippen LogP contribution in [0.25, 0.3) is 5.78 Å². The molecular formula is C17H18BrN5O. The first kappa shape index (κ1) is 16.6. The van der Waals surface area contributed by atoms with Gasteiger partial charge in [0.25, 0.3) is 5.78 Å². The quantitative estimate of drug-likeness (QED) is 0.730. The highest BCUT2D eigenvalue weighted by Crippen LogP contribution is 2.15. The number of carbonyl (C=O) groups excluding carboxylic acids is 1. The fourth-order valence-electron chi connectivity index (χ4n) is 2.69. The maximum Gasteiger partial charge on any atom is 0.252 e. The number of amides is 1. The largest absolute Gasteiger partial charge is 0.352 e. The van der Waals surface area contributed by atoms with Crippen LogP contribution in [0.2, 0.25) is 0 Å². The fourth-order valence-corrected chi connectivity index (χ4v) is 3.14. The zero-order valence-electron chi connectivity index (χ0n) is 13.6. The number of benzene rings is 1. The number of aromatic nitrogens is 4. The molecule has 24 heavy (non-hydrogen) atoms. The van der Waals surface area contributed by atoms with Crippen molar-refractivity contribution in [3.8, 4) is 0 Å². The van der Waals surface area contributed by atoms with Gasteiger partial charge in [0.05, 0.1) is 0 Å². The van der Waals surface area contributed by atoms with Crippen molar-refractivity contribution in [3.63, 3.8) is 0 Å². The summed E-state index contributed by atoms with van der Waals surface area (Å²) in [6.45, 7) is 4.44. The molecule has 1 N–H and O–H groups in total. The molecule has 6 nitrogen and oxygen atoms in total. The standard InChI is InChI=1S/C17H18BrN5O/c1-11-15(12(2)23-17(22-11)20-10-21-23)6-7-16(24)19-9-13-4-3-5-14(18)8-13/h3-5,8,10H,6-7,9H2,1-2H3,(H,19,24). The van der Waals surface area contributed by atoms with Crippen LogP contribution in [0, 0.1) is 13.8 Å². The van der Waals surface area contributed by atoms with Crippen molar-refractivity contribution in [2.24, 2.45) is 0 Å². The number of fused-ring (bicyclic) bond motifs is 1. The molecule has 1 aromatic carbocycles. The lowest BCUT2D eigenvalue weighted by molar-refractivity contribution is -0.121. The van der Waals surface area contributed by atoms with E-state index in [1.165, 1.54) is 6.33 Å². The maximum absolute atomic E-state index is 12.1. The average Bonchev–Trinajstić information content (AvgIpc) is 3.01. The summed E-state index contributed by atoms with van der Waals surface area (Å²) in [5.74, 6) is 0.611. The molecule has 3 rings (SSSR count). The van der Waals surface area contributed by atoms with Crippen LogP contribution in [0.15, 0.2) is 35.1 Å². The highest BCUT2D eigenvalue weighted by atomic mass is 79.9. The van der Waals surface area contributed by atoms with E-state index in [-0.39, 0.29) is 5.91 Å². The number of aryl methyl sites for hydroxylation is 2. The number of rotatable bonds is 5. The van der Waals surface area contributed by atoms with Gasteiger partial charge in [-0.25, -0.2) is 9.50 Å². The monoisotopic (exact) mass is 387 g/mol. The molecule has 0 aliphatic heterocycles. The normalized spacial score (nSPS) is 11.0. The zero-order chi connectivity index (χ0) is 17.1. The second kappa shape index (κ2) is 7.09. The third kappa shape index (κ3) is 3.62. The fraction of sp³-hybridized carbons (Fsp3) is 0.294. The van der Waals surface area contributed by atoms with Gasteiger partial charge in [-0.05, 0) is 43.5 Å². The van der Waals surface area contributed by atoms with Crippen LogP contribution < -0.4 is 5.32 Å². The van der Waals surface area contributed by atoms with Crippen LogP contribution in [0.1, 0.15) is 28.9 Å². The summed E-state index contributed by atoms with van der Waals surface area (Å²) in [5, 5.41) is 7.12. The summed E-state index contributed by atoms with van der Waals surface area (Å²) in [7, 11) is 0. The minimum Gasteiger partial charge on any atom is -0.352 e. The molecule has 0 radical (unpaired) electrons. The Bertz CT molecular complexity index is 890. The van der Waals surface area contributed by atoms with Crippen LogP contribution in [-0.4, -0.2) is 25.5 Å². The van der Waals surface area contributed by atoms with Crippen LogP contribution in [0.4, 0.5) is 0 Å². The molecule has 0 aliphatic carbocycles. The van der Waals surface area contributed by atoms with E-state index in [1.807, 2.05) is 38.1 Å². The lowest BCUT2D eigenvalue weighted by Crippen LogP contribution is -2.23. The van der Waals surface area contributed by atoms with E-state index in [0.717, 1.165) is 27.0 Å². The Balaban J connectivity index is 1.62. The second-order valence-corrected chi connectivity index (χ2v) is 6.56. The molecule has 2 aromatic heterocycles.